The molecule has 27 heavy (non-hydrogen) atoms. The van der Waals surface area contributed by atoms with E-state index < -0.39 is 0 Å². The third kappa shape index (κ3) is 4.14. The molecule has 2 aromatic carbocycles. The zero-order valence-corrected chi connectivity index (χ0v) is 15.8. The fraction of sp³-hybridized carbons (Fsp3) is 0.455. The molecule has 142 valence electrons. The van der Waals surface area contributed by atoms with E-state index in [-0.39, 0.29) is 10.6 Å². The average molecular weight is 365 g/mol. The Hall–Kier alpha value is -2.40. The first kappa shape index (κ1) is 18.0. The van der Waals surface area contributed by atoms with Crippen molar-refractivity contribution in [2.75, 3.05) is 5.32 Å². The smallest absolute Gasteiger partial charge is 0.292 e. The number of fused-ring (bicyclic) bond motifs is 1. The molecule has 0 saturated heterocycles. The van der Waals surface area contributed by atoms with Crippen LogP contribution in [0.5, 0.6) is 0 Å². The summed E-state index contributed by atoms with van der Waals surface area (Å²) in [4.78, 5) is 11.0. The Morgan fingerprint density at radius 2 is 1.56 bits per heavy atom. The third-order valence-electron chi connectivity index (χ3n) is 5.96. The molecule has 0 unspecified atom stereocenters. The van der Waals surface area contributed by atoms with Crippen molar-refractivity contribution >= 4 is 11.4 Å². The van der Waals surface area contributed by atoms with Gasteiger partial charge in [0.05, 0.1) is 4.92 Å². The fourth-order valence-corrected chi connectivity index (χ4v) is 4.55. The molecule has 1 saturated carbocycles. The molecule has 1 fully saturated rings. The largest absolute Gasteiger partial charge is 0.377 e. The van der Waals surface area contributed by atoms with Crippen LogP contribution in [0.4, 0.5) is 11.4 Å². The molecule has 0 radical (unpaired) electrons. The zero-order chi connectivity index (χ0) is 18.8. The first-order valence-electron chi connectivity index (χ1n) is 9.93. The Labute approximate surface area is 160 Å². The minimum absolute atomic E-state index is 0.180. The molecule has 2 N–H and O–H groups in total. The van der Waals surface area contributed by atoms with Gasteiger partial charge < -0.3 is 10.6 Å². The summed E-state index contributed by atoms with van der Waals surface area (Å²) >= 11 is 0. The molecular weight excluding hydrogens is 338 g/mol. The van der Waals surface area contributed by atoms with Crippen LogP contribution in [0.15, 0.2) is 42.5 Å². The number of nitrogens with zero attached hydrogens (tertiary/aromatic N) is 1. The topological polar surface area (TPSA) is 67.2 Å². The first-order chi connectivity index (χ1) is 13.1. The van der Waals surface area contributed by atoms with E-state index in [1.807, 2.05) is 19.1 Å². The normalized spacial score (nSPS) is 22.4. The number of nitrogens with one attached hydrogen (secondary N) is 2. The number of rotatable bonds is 5. The molecule has 0 atom stereocenters. The maximum absolute atomic E-state index is 11.3. The van der Waals surface area contributed by atoms with Crippen LogP contribution in [0.3, 0.4) is 0 Å². The molecule has 0 bridgehead atoms. The summed E-state index contributed by atoms with van der Waals surface area (Å²) in [6.07, 6.45) is 6.58. The summed E-state index contributed by atoms with van der Waals surface area (Å²) in [6.45, 7) is 1.88. The van der Waals surface area contributed by atoms with Gasteiger partial charge in [-0.2, -0.15) is 0 Å². The fourth-order valence-electron chi connectivity index (χ4n) is 4.55. The summed E-state index contributed by atoms with van der Waals surface area (Å²) in [5.74, 6) is 0. The number of aryl methyl sites for hydroxylation is 1. The molecule has 0 amide bonds. The lowest BCUT2D eigenvalue weighted by molar-refractivity contribution is -0.384. The van der Waals surface area contributed by atoms with Gasteiger partial charge in [0.1, 0.15) is 5.69 Å². The van der Waals surface area contributed by atoms with Gasteiger partial charge in [-0.25, -0.2) is 0 Å². The molecule has 0 aromatic heterocycles. The van der Waals surface area contributed by atoms with Crippen LogP contribution >= 0.6 is 0 Å². The van der Waals surface area contributed by atoms with E-state index in [1.165, 1.54) is 11.1 Å². The van der Waals surface area contributed by atoms with Crippen molar-refractivity contribution < 1.29 is 4.92 Å². The lowest BCUT2D eigenvalue weighted by atomic mass is 9.90. The third-order valence-corrected chi connectivity index (χ3v) is 5.96. The van der Waals surface area contributed by atoms with E-state index in [0.717, 1.165) is 44.1 Å². The zero-order valence-electron chi connectivity index (χ0n) is 15.8. The van der Waals surface area contributed by atoms with Gasteiger partial charge in [-0.05, 0) is 68.2 Å². The summed E-state index contributed by atoms with van der Waals surface area (Å²) < 4.78 is 0. The summed E-state index contributed by atoms with van der Waals surface area (Å²) in [5.41, 5.74) is 4.71. The first-order valence-corrected chi connectivity index (χ1v) is 9.93. The predicted molar refractivity (Wildman–Crippen MR) is 108 cm³/mol. The summed E-state index contributed by atoms with van der Waals surface area (Å²) in [7, 11) is 0. The highest BCUT2D eigenvalue weighted by Gasteiger charge is 2.27. The number of hydrogen-bond acceptors (Lipinski definition) is 4. The van der Waals surface area contributed by atoms with Crippen molar-refractivity contribution in [2.24, 2.45) is 0 Å². The molecule has 5 nitrogen and oxygen atoms in total. The van der Waals surface area contributed by atoms with Crippen molar-refractivity contribution in [2.45, 2.75) is 63.6 Å². The summed E-state index contributed by atoms with van der Waals surface area (Å²) in [5, 5.41) is 18.6. The van der Waals surface area contributed by atoms with Gasteiger partial charge >= 0.3 is 0 Å². The number of anilines is 1. The Morgan fingerprint density at radius 3 is 2.19 bits per heavy atom. The highest BCUT2D eigenvalue weighted by Crippen LogP contribution is 2.30. The van der Waals surface area contributed by atoms with Crippen molar-refractivity contribution in [1.82, 2.24) is 5.32 Å². The van der Waals surface area contributed by atoms with E-state index in [0.29, 0.717) is 23.8 Å². The van der Waals surface area contributed by atoms with Crippen molar-refractivity contribution in [1.29, 1.82) is 0 Å². The standard InChI is InChI=1S/C22H27N3O2/c1-15-6-11-21(22(12-15)25(26)27)24-19-9-7-18(8-10-19)23-20-13-16-4-2-3-5-17(16)14-20/h2-6,11-12,18-20,23-24H,7-10,13-14H2,1H3/t18-,19+. The van der Waals surface area contributed by atoms with E-state index in [4.69, 9.17) is 0 Å². The Kier molecular flexibility index (Phi) is 5.12. The SMILES string of the molecule is Cc1ccc(N[C@H]2CC[C@@H](NC3Cc4ccccc4C3)CC2)c([N+](=O)[O-])c1. The number of benzene rings is 2. The monoisotopic (exact) mass is 365 g/mol. The van der Waals surface area contributed by atoms with E-state index in [9.17, 15) is 10.1 Å². The minimum Gasteiger partial charge on any atom is -0.377 e. The van der Waals surface area contributed by atoms with Gasteiger partial charge in [0, 0.05) is 24.2 Å². The van der Waals surface area contributed by atoms with Gasteiger partial charge in [0.25, 0.3) is 5.69 Å². The molecule has 0 heterocycles. The number of hydrogen-bond donors (Lipinski definition) is 2. The van der Waals surface area contributed by atoms with Gasteiger partial charge in [-0.1, -0.05) is 30.3 Å². The van der Waals surface area contributed by atoms with Gasteiger partial charge in [-0.15, -0.1) is 0 Å². The second kappa shape index (κ2) is 7.69. The van der Waals surface area contributed by atoms with E-state index in [1.54, 1.807) is 6.07 Å². The predicted octanol–water partition coefficient (Wildman–Crippen LogP) is 4.38. The Balaban J connectivity index is 1.29. The lowest BCUT2D eigenvalue weighted by Gasteiger charge is -2.32. The maximum Gasteiger partial charge on any atom is 0.292 e. The van der Waals surface area contributed by atoms with Gasteiger partial charge in [0.2, 0.25) is 0 Å². The Morgan fingerprint density at radius 1 is 0.926 bits per heavy atom. The second-order valence-corrected chi connectivity index (χ2v) is 8.01. The lowest BCUT2D eigenvalue weighted by Crippen LogP contribution is -2.42. The van der Waals surface area contributed by atoms with Crippen molar-refractivity contribution in [3.05, 3.63) is 69.3 Å². The summed E-state index contributed by atoms with van der Waals surface area (Å²) in [6, 6.07) is 15.6. The maximum atomic E-state index is 11.3. The van der Waals surface area contributed by atoms with Crippen LogP contribution in [0.25, 0.3) is 0 Å². The molecule has 2 aliphatic carbocycles. The van der Waals surface area contributed by atoms with Crippen molar-refractivity contribution in [3.63, 3.8) is 0 Å². The molecule has 2 aromatic rings. The molecule has 0 spiro atoms. The highest BCUT2D eigenvalue weighted by molar-refractivity contribution is 5.63. The van der Waals surface area contributed by atoms with Gasteiger partial charge in [0.15, 0.2) is 0 Å². The van der Waals surface area contributed by atoms with Crippen LogP contribution < -0.4 is 10.6 Å². The number of nitro benzene ring substituents is 1. The molecule has 2 aliphatic rings. The quantitative estimate of drug-likeness (QED) is 0.609. The van der Waals surface area contributed by atoms with Crippen LogP contribution in [0.2, 0.25) is 0 Å². The molecule has 0 aliphatic heterocycles. The Bertz CT molecular complexity index is 803. The molecule has 5 heteroatoms. The van der Waals surface area contributed by atoms with Gasteiger partial charge in [-0.3, -0.25) is 10.1 Å². The van der Waals surface area contributed by atoms with Crippen LogP contribution in [-0.4, -0.2) is 23.0 Å². The number of nitro groups is 1. The van der Waals surface area contributed by atoms with Crippen LogP contribution in [0, 0.1) is 17.0 Å². The highest BCUT2D eigenvalue weighted by atomic mass is 16.6. The van der Waals surface area contributed by atoms with E-state index in [2.05, 4.69) is 34.9 Å². The van der Waals surface area contributed by atoms with E-state index >= 15 is 0 Å². The average Bonchev–Trinajstić information content (AvgIpc) is 3.07. The van der Waals surface area contributed by atoms with Crippen LogP contribution in [-0.2, 0) is 12.8 Å². The van der Waals surface area contributed by atoms with Crippen molar-refractivity contribution in [3.8, 4) is 0 Å². The molecular formula is C22H27N3O2. The second-order valence-electron chi connectivity index (χ2n) is 8.01. The minimum atomic E-state index is -0.291. The molecule has 4 rings (SSSR count). The van der Waals surface area contributed by atoms with Crippen LogP contribution in [0.1, 0.15) is 42.4 Å².